The molecule has 1 atom stereocenters. The van der Waals surface area contributed by atoms with Crippen LogP contribution < -0.4 is 10.1 Å². The van der Waals surface area contributed by atoms with Crippen molar-refractivity contribution in [3.63, 3.8) is 0 Å². The lowest BCUT2D eigenvalue weighted by molar-refractivity contribution is 0.302. The van der Waals surface area contributed by atoms with E-state index in [1.807, 2.05) is 0 Å². The number of nitrogens with one attached hydrogen (secondary N) is 1. The van der Waals surface area contributed by atoms with Crippen LogP contribution in [-0.4, -0.2) is 13.2 Å². The largest absolute Gasteiger partial charge is 0.490 e. The normalized spacial score (nSPS) is 16.9. The fraction of sp³-hybridized carbons (Fsp3) is 0.625. The van der Waals surface area contributed by atoms with E-state index in [0.717, 1.165) is 5.75 Å². The highest BCUT2D eigenvalue weighted by molar-refractivity contribution is 5.30. The summed E-state index contributed by atoms with van der Waals surface area (Å²) in [6.07, 6.45) is 5.34. The maximum absolute atomic E-state index is 5.79. The van der Waals surface area contributed by atoms with Gasteiger partial charge in [0.15, 0.2) is 0 Å². The molecule has 2 rings (SSSR count). The molecule has 18 heavy (non-hydrogen) atoms. The van der Waals surface area contributed by atoms with E-state index < -0.39 is 0 Å². The van der Waals surface area contributed by atoms with Gasteiger partial charge in [0.05, 0.1) is 6.10 Å². The van der Waals surface area contributed by atoms with Crippen LogP contribution in [0.4, 0.5) is 0 Å². The summed E-state index contributed by atoms with van der Waals surface area (Å²) in [7, 11) is 2.05. The Bertz CT molecular complexity index is 352. The average Bonchev–Trinajstić information content (AvgIpc) is 3.21. The first kappa shape index (κ1) is 13.4. The van der Waals surface area contributed by atoms with Crippen LogP contribution in [0.25, 0.3) is 0 Å². The van der Waals surface area contributed by atoms with Crippen LogP contribution in [0, 0.1) is 5.92 Å². The molecule has 0 aromatic heterocycles. The highest BCUT2D eigenvalue weighted by Crippen LogP contribution is 2.30. The lowest BCUT2D eigenvalue weighted by Gasteiger charge is -2.25. The van der Waals surface area contributed by atoms with Gasteiger partial charge in [0.25, 0.3) is 0 Å². The van der Waals surface area contributed by atoms with Crippen molar-refractivity contribution in [1.82, 2.24) is 5.32 Å². The summed E-state index contributed by atoms with van der Waals surface area (Å²) in [6, 6.07) is 9.09. The molecule has 2 heteroatoms. The quantitative estimate of drug-likeness (QED) is 0.788. The van der Waals surface area contributed by atoms with E-state index in [9.17, 15) is 0 Å². The molecule has 0 amide bonds. The molecule has 1 aliphatic rings. The summed E-state index contributed by atoms with van der Waals surface area (Å²) in [4.78, 5) is 0. The van der Waals surface area contributed by atoms with Crippen molar-refractivity contribution < 1.29 is 4.74 Å². The second-order valence-electron chi connectivity index (χ2n) is 5.23. The number of rotatable bonds is 7. The van der Waals surface area contributed by atoms with Crippen molar-refractivity contribution >= 4 is 0 Å². The number of ether oxygens (including phenoxy) is 1. The molecule has 0 spiro atoms. The Balaban J connectivity index is 2.05. The summed E-state index contributed by atoms with van der Waals surface area (Å²) >= 11 is 0. The van der Waals surface area contributed by atoms with E-state index in [0.29, 0.717) is 18.1 Å². The van der Waals surface area contributed by atoms with Crippen molar-refractivity contribution in [3.8, 4) is 5.75 Å². The molecular formula is C16H25NO. The van der Waals surface area contributed by atoms with Gasteiger partial charge in [-0.05, 0) is 43.5 Å². The number of benzene rings is 1. The van der Waals surface area contributed by atoms with Crippen LogP contribution in [-0.2, 0) is 0 Å². The lowest BCUT2D eigenvalue weighted by Crippen LogP contribution is -2.24. The van der Waals surface area contributed by atoms with Crippen molar-refractivity contribution in [3.05, 3.63) is 29.8 Å². The second kappa shape index (κ2) is 6.24. The predicted octanol–water partition coefficient (Wildman–Crippen LogP) is 3.92. The Morgan fingerprint density at radius 3 is 2.22 bits per heavy atom. The van der Waals surface area contributed by atoms with Gasteiger partial charge in [-0.25, -0.2) is 0 Å². The molecular weight excluding hydrogens is 222 g/mol. The molecule has 100 valence electrons. The van der Waals surface area contributed by atoms with Crippen LogP contribution in [0.5, 0.6) is 5.75 Å². The smallest absolute Gasteiger partial charge is 0.119 e. The highest BCUT2D eigenvalue weighted by Gasteiger charge is 2.23. The highest BCUT2D eigenvalue weighted by atomic mass is 16.5. The van der Waals surface area contributed by atoms with E-state index in [4.69, 9.17) is 4.74 Å². The van der Waals surface area contributed by atoms with E-state index in [1.165, 1.54) is 31.2 Å². The molecule has 0 heterocycles. The van der Waals surface area contributed by atoms with Crippen molar-refractivity contribution in [2.75, 3.05) is 7.05 Å². The van der Waals surface area contributed by atoms with Gasteiger partial charge in [0.1, 0.15) is 5.75 Å². The SMILES string of the molecule is CCC(CC)C(NC)c1ccc(OC2CC2)cc1. The van der Waals surface area contributed by atoms with Crippen LogP contribution in [0.3, 0.4) is 0 Å². The summed E-state index contributed by atoms with van der Waals surface area (Å²) in [6.45, 7) is 4.53. The standard InChI is InChI=1S/C16H25NO/c1-4-12(5-2)16(17-3)13-6-8-14(9-7-13)18-15-10-11-15/h6-9,12,15-17H,4-5,10-11H2,1-3H3. The summed E-state index contributed by atoms with van der Waals surface area (Å²) < 4.78 is 5.79. The van der Waals surface area contributed by atoms with Gasteiger partial charge >= 0.3 is 0 Å². The third-order valence-electron chi connectivity index (χ3n) is 3.90. The predicted molar refractivity (Wildman–Crippen MR) is 76.0 cm³/mol. The molecule has 1 aliphatic carbocycles. The maximum Gasteiger partial charge on any atom is 0.119 e. The molecule has 1 aromatic carbocycles. The maximum atomic E-state index is 5.79. The number of hydrogen-bond acceptors (Lipinski definition) is 2. The lowest BCUT2D eigenvalue weighted by atomic mass is 9.89. The minimum absolute atomic E-state index is 0.454. The van der Waals surface area contributed by atoms with Gasteiger partial charge < -0.3 is 10.1 Å². The Morgan fingerprint density at radius 1 is 1.17 bits per heavy atom. The summed E-state index contributed by atoms with van der Waals surface area (Å²) in [5, 5.41) is 3.45. The van der Waals surface area contributed by atoms with E-state index in [1.54, 1.807) is 0 Å². The minimum atomic E-state index is 0.454. The van der Waals surface area contributed by atoms with E-state index in [2.05, 4.69) is 50.5 Å². The first-order chi connectivity index (χ1) is 8.78. The van der Waals surface area contributed by atoms with Gasteiger partial charge in [-0.15, -0.1) is 0 Å². The molecule has 0 bridgehead atoms. The average molecular weight is 247 g/mol. The van der Waals surface area contributed by atoms with Crippen molar-refractivity contribution in [2.24, 2.45) is 5.92 Å². The first-order valence-electron chi connectivity index (χ1n) is 7.22. The Labute approximate surface area is 111 Å². The number of hydrogen-bond donors (Lipinski definition) is 1. The second-order valence-corrected chi connectivity index (χ2v) is 5.23. The topological polar surface area (TPSA) is 21.3 Å². The molecule has 0 saturated heterocycles. The molecule has 1 aromatic rings. The zero-order valence-electron chi connectivity index (χ0n) is 11.8. The Hall–Kier alpha value is -1.02. The van der Waals surface area contributed by atoms with Crippen LogP contribution >= 0.6 is 0 Å². The van der Waals surface area contributed by atoms with Gasteiger partial charge in [0, 0.05) is 6.04 Å². The molecule has 0 aliphatic heterocycles. The zero-order valence-corrected chi connectivity index (χ0v) is 11.8. The van der Waals surface area contributed by atoms with E-state index in [-0.39, 0.29) is 0 Å². The molecule has 1 fully saturated rings. The fourth-order valence-electron chi connectivity index (χ4n) is 2.57. The molecule has 0 radical (unpaired) electrons. The van der Waals surface area contributed by atoms with Gasteiger partial charge in [-0.3, -0.25) is 0 Å². The zero-order chi connectivity index (χ0) is 13.0. The van der Waals surface area contributed by atoms with Gasteiger partial charge in [0.2, 0.25) is 0 Å². The van der Waals surface area contributed by atoms with Crippen molar-refractivity contribution in [2.45, 2.75) is 51.7 Å². The van der Waals surface area contributed by atoms with Crippen LogP contribution in [0.2, 0.25) is 0 Å². The van der Waals surface area contributed by atoms with Crippen LogP contribution in [0.15, 0.2) is 24.3 Å². The fourth-order valence-corrected chi connectivity index (χ4v) is 2.57. The third kappa shape index (κ3) is 3.26. The van der Waals surface area contributed by atoms with Crippen molar-refractivity contribution in [1.29, 1.82) is 0 Å². The summed E-state index contributed by atoms with van der Waals surface area (Å²) in [5.74, 6) is 1.71. The van der Waals surface area contributed by atoms with Crippen LogP contribution in [0.1, 0.15) is 51.1 Å². The molecule has 1 saturated carbocycles. The molecule has 2 nitrogen and oxygen atoms in total. The minimum Gasteiger partial charge on any atom is -0.490 e. The molecule has 1 N–H and O–H groups in total. The monoisotopic (exact) mass is 247 g/mol. The first-order valence-corrected chi connectivity index (χ1v) is 7.22. The molecule has 1 unspecified atom stereocenters. The van der Waals surface area contributed by atoms with E-state index >= 15 is 0 Å². The Morgan fingerprint density at radius 2 is 1.78 bits per heavy atom. The van der Waals surface area contributed by atoms with Gasteiger partial charge in [-0.1, -0.05) is 38.8 Å². The third-order valence-corrected chi connectivity index (χ3v) is 3.90. The summed E-state index contributed by atoms with van der Waals surface area (Å²) in [5.41, 5.74) is 1.37. The van der Waals surface area contributed by atoms with Gasteiger partial charge in [-0.2, -0.15) is 0 Å². The Kier molecular flexibility index (Phi) is 4.65.